The van der Waals surface area contributed by atoms with Gasteiger partial charge in [0.05, 0.1) is 18.7 Å². The number of aromatic nitrogens is 1. The predicted molar refractivity (Wildman–Crippen MR) is 102 cm³/mol. The molecule has 2 aromatic rings. The van der Waals surface area contributed by atoms with Gasteiger partial charge in [0.15, 0.2) is 0 Å². The highest BCUT2D eigenvalue weighted by atomic mass is 19.1. The third-order valence-corrected chi connectivity index (χ3v) is 5.43. The Morgan fingerprint density at radius 3 is 2.89 bits per heavy atom. The molecule has 3 heterocycles. The Hall–Kier alpha value is -2.80. The molecule has 2 aliphatic heterocycles. The van der Waals surface area contributed by atoms with Crippen LogP contribution in [0, 0.1) is 12.7 Å². The van der Waals surface area contributed by atoms with Crippen LogP contribution >= 0.6 is 0 Å². The number of halogens is 1. The predicted octanol–water partition coefficient (Wildman–Crippen LogP) is 2.57. The minimum Gasteiger partial charge on any atom is -0.361 e. The summed E-state index contributed by atoms with van der Waals surface area (Å²) in [6, 6.07) is 9.52. The first kappa shape index (κ1) is 18.6. The van der Waals surface area contributed by atoms with Crippen LogP contribution in [0.3, 0.4) is 0 Å². The number of benzene rings is 1. The van der Waals surface area contributed by atoms with Crippen molar-refractivity contribution in [2.75, 3.05) is 31.1 Å². The number of rotatable bonds is 2. The van der Waals surface area contributed by atoms with Gasteiger partial charge in [0.2, 0.25) is 0 Å². The van der Waals surface area contributed by atoms with E-state index in [1.807, 2.05) is 6.92 Å². The van der Waals surface area contributed by atoms with Crippen LogP contribution in [0.25, 0.3) is 0 Å². The topological polar surface area (TPSA) is 62.7 Å². The van der Waals surface area contributed by atoms with Crippen LogP contribution in [0.1, 0.15) is 28.9 Å². The zero-order valence-corrected chi connectivity index (χ0v) is 15.7. The molecule has 146 valence electrons. The highest BCUT2D eigenvalue weighted by molar-refractivity contribution is 5.96. The molecule has 0 saturated carbocycles. The molecule has 2 aliphatic rings. The molecule has 1 spiro atoms. The van der Waals surface area contributed by atoms with Gasteiger partial charge in [-0.2, -0.15) is 0 Å². The van der Waals surface area contributed by atoms with E-state index in [1.54, 1.807) is 40.3 Å². The first-order valence-corrected chi connectivity index (χ1v) is 9.38. The van der Waals surface area contributed by atoms with E-state index in [2.05, 4.69) is 4.98 Å². The van der Waals surface area contributed by atoms with Gasteiger partial charge in [-0.1, -0.05) is 6.07 Å². The van der Waals surface area contributed by atoms with Gasteiger partial charge in [0.1, 0.15) is 18.0 Å². The number of carbonyl (C=O) groups is 2. The first-order valence-electron chi connectivity index (χ1n) is 9.38. The normalized spacial score (nSPS) is 22.6. The van der Waals surface area contributed by atoms with Gasteiger partial charge in [-0.3, -0.25) is 14.6 Å². The maximum atomic E-state index is 13.6. The average Bonchev–Trinajstić information content (AvgIpc) is 2.70. The van der Waals surface area contributed by atoms with Gasteiger partial charge in [-0.15, -0.1) is 0 Å². The molecule has 6 nitrogen and oxygen atoms in total. The van der Waals surface area contributed by atoms with Crippen molar-refractivity contribution in [2.45, 2.75) is 25.4 Å². The summed E-state index contributed by atoms with van der Waals surface area (Å²) in [7, 11) is 0. The standard InChI is InChI=1S/C21H22FN3O3/c1-15-18(7-3-9-23-15)20(27)24-10-4-8-21(13-24)14-25(19(26)12-28-21)17-6-2-5-16(22)11-17/h2-3,5-7,9,11H,4,8,10,12-14H2,1H3. The monoisotopic (exact) mass is 383 g/mol. The Morgan fingerprint density at radius 1 is 1.25 bits per heavy atom. The van der Waals surface area contributed by atoms with Gasteiger partial charge in [-0.25, -0.2) is 4.39 Å². The second-order valence-electron chi connectivity index (χ2n) is 7.40. The highest BCUT2D eigenvalue weighted by Gasteiger charge is 2.44. The lowest BCUT2D eigenvalue weighted by atomic mass is 9.90. The van der Waals surface area contributed by atoms with Crippen LogP contribution < -0.4 is 4.90 Å². The maximum absolute atomic E-state index is 13.6. The van der Waals surface area contributed by atoms with Crippen molar-refractivity contribution < 1.29 is 18.7 Å². The summed E-state index contributed by atoms with van der Waals surface area (Å²) in [6.07, 6.45) is 3.18. The van der Waals surface area contributed by atoms with Crippen molar-refractivity contribution in [1.82, 2.24) is 9.88 Å². The third kappa shape index (κ3) is 3.49. The van der Waals surface area contributed by atoms with E-state index >= 15 is 0 Å². The Morgan fingerprint density at radius 2 is 2.11 bits per heavy atom. The molecular weight excluding hydrogens is 361 g/mol. The van der Waals surface area contributed by atoms with Gasteiger partial charge in [0, 0.05) is 24.1 Å². The number of anilines is 1. The Balaban J connectivity index is 1.56. The van der Waals surface area contributed by atoms with E-state index in [4.69, 9.17) is 4.74 Å². The van der Waals surface area contributed by atoms with Gasteiger partial charge in [0.25, 0.3) is 11.8 Å². The number of aryl methyl sites for hydroxylation is 1. The fraction of sp³-hybridized carbons (Fsp3) is 0.381. The van der Waals surface area contributed by atoms with E-state index in [0.29, 0.717) is 36.6 Å². The van der Waals surface area contributed by atoms with Crippen LogP contribution in [-0.2, 0) is 9.53 Å². The molecular formula is C21H22FN3O3. The lowest BCUT2D eigenvalue weighted by Gasteiger charge is -2.47. The summed E-state index contributed by atoms with van der Waals surface area (Å²) in [5.74, 6) is -0.677. The summed E-state index contributed by atoms with van der Waals surface area (Å²) in [5.41, 5.74) is 1.13. The summed E-state index contributed by atoms with van der Waals surface area (Å²) in [5, 5.41) is 0. The van der Waals surface area contributed by atoms with Crippen molar-refractivity contribution in [1.29, 1.82) is 0 Å². The number of morpholine rings is 1. The molecule has 1 aromatic heterocycles. The van der Waals surface area contributed by atoms with Crippen molar-refractivity contribution in [3.63, 3.8) is 0 Å². The molecule has 1 unspecified atom stereocenters. The number of hydrogen-bond acceptors (Lipinski definition) is 4. The van der Waals surface area contributed by atoms with Crippen molar-refractivity contribution in [2.24, 2.45) is 0 Å². The molecule has 0 N–H and O–H groups in total. The number of likely N-dealkylation sites (tertiary alicyclic amines) is 1. The molecule has 1 atom stereocenters. The fourth-order valence-corrected chi connectivity index (χ4v) is 3.99. The van der Waals surface area contributed by atoms with E-state index < -0.39 is 11.4 Å². The molecule has 1 aromatic carbocycles. The zero-order chi connectivity index (χ0) is 19.7. The summed E-state index contributed by atoms with van der Waals surface area (Å²) in [6.45, 7) is 3.05. The Kier molecular flexibility index (Phi) is 4.85. The first-order chi connectivity index (χ1) is 13.5. The smallest absolute Gasteiger partial charge is 0.255 e. The molecule has 0 bridgehead atoms. The minimum atomic E-state index is -0.649. The van der Waals surface area contributed by atoms with Crippen molar-refractivity contribution in [3.8, 4) is 0 Å². The van der Waals surface area contributed by atoms with Gasteiger partial charge in [-0.05, 0) is 50.1 Å². The van der Waals surface area contributed by atoms with Gasteiger partial charge < -0.3 is 14.5 Å². The molecule has 2 saturated heterocycles. The Labute approximate surface area is 162 Å². The number of carbonyl (C=O) groups excluding carboxylic acids is 2. The van der Waals surface area contributed by atoms with Crippen LogP contribution in [0.4, 0.5) is 10.1 Å². The summed E-state index contributed by atoms with van der Waals surface area (Å²) in [4.78, 5) is 32.9. The zero-order valence-electron chi connectivity index (χ0n) is 15.7. The maximum Gasteiger partial charge on any atom is 0.255 e. The molecule has 2 fully saturated rings. The highest BCUT2D eigenvalue weighted by Crippen LogP contribution is 2.32. The van der Waals surface area contributed by atoms with Crippen LogP contribution in [0.15, 0.2) is 42.6 Å². The molecule has 0 aliphatic carbocycles. The lowest BCUT2D eigenvalue weighted by Crippen LogP contribution is -2.62. The van der Waals surface area contributed by atoms with Crippen LogP contribution in [-0.4, -0.2) is 53.5 Å². The molecule has 4 rings (SSSR count). The number of nitrogens with zero attached hydrogens (tertiary/aromatic N) is 3. The Bertz CT molecular complexity index is 919. The summed E-state index contributed by atoms with van der Waals surface area (Å²) < 4.78 is 19.6. The quantitative estimate of drug-likeness (QED) is 0.800. The van der Waals surface area contributed by atoms with E-state index in [-0.39, 0.29) is 18.4 Å². The molecule has 2 amide bonds. The largest absolute Gasteiger partial charge is 0.361 e. The number of amides is 2. The van der Waals surface area contributed by atoms with Gasteiger partial charge >= 0.3 is 0 Å². The van der Waals surface area contributed by atoms with Crippen LogP contribution in [0.2, 0.25) is 0 Å². The second kappa shape index (κ2) is 7.31. The fourth-order valence-electron chi connectivity index (χ4n) is 3.99. The minimum absolute atomic E-state index is 0.0789. The number of ether oxygens (including phenoxy) is 1. The van der Waals surface area contributed by atoms with E-state index in [9.17, 15) is 14.0 Å². The summed E-state index contributed by atoms with van der Waals surface area (Å²) >= 11 is 0. The van der Waals surface area contributed by atoms with Crippen LogP contribution in [0.5, 0.6) is 0 Å². The number of piperidine rings is 1. The molecule has 28 heavy (non-hydrogen) atoms. The molecule has 7 heteroatoms. The van der Waals surface area contributed by atoms with E-state index in [1.165, 1.54) is 12.1 Å². The second-order valence-corrected chi connectivity index (χ2v) is 7.40. The lowest BCUT2D eigenvalue weighted by molar-refractivity contribution is -0.144. The number of hydrogen-bond donors (Lipinski definition) is 0. The van der Waals surface area contributed by atoms with E-state index in [0.717, 1.165) is 12.8 Å². The number of pyridine rings is 1. The van der Waals surface area contributed by atoms with Crippen molar-refractivity contribution in [3.05, 3.63) is 59.7 Å². The van der Waals surface area contributed by atoms with Crippen molar-refractivity contribution >= 4 is 17.5 Å². The average molecular weight is 383 g/mol. The molecule has 0 radical (unpaired) electrons. The third-order valence-electron chi connectivity index (χ3n) is 5.43. The SMILES string of the molecule is Cc1ncccc1C(=O)N1CCCC2(C1)CN(c1cccc(F)c1)C(=O)CO2.